The van der Waals surface area contributed by atoms with Crippen LogP contribution in [-0.4, -0.2) is 11.0 Å². The fourth-order valence-corrected chi connectivity index (χ4v) is 1.23. The van der Waals surface area contributed by atoms with E-state index in [2.05, 4.69) is 5.32 Å². The Bertz CT molecular complexity index is 372. The summed E-state index contributed by atoms with van der Waals surface area (Å²) in [6.45, 7) is 5.73. The molecule has 0 radical (unpaired) electrons. The van der Waals surface area contributed by atoms with Crippen molar-refractivity contribution >= 4 is 11.6 Å². The molecular formula is C13H19NO2. The summed E-state index contributed by atoms with van der Waals surface area (Å²) < 4.78 is 0. The SMILES string of the molecule is CCC(C)(C)C(=O)Nc1ccccc1CO. The molecule has 0 aromatic heterocycles. The van der Waals surface area contributed by atoms with E-state index in [4.69, 9.17) is 5.11 Å². The molecule has 1 aromatic rings. The Morgan fingerprint density at radius 3 is 2.56 bits per heavy atom. The van der Waals surface area contributed by atoms with Gasteiger partial charge in [0.25, 0.3) is 0 Å². The second-order valence-corrected chi connectivity index (χ2v) is 4.51. The van der Waals surface area contributed by atoms with E-state index in [-0.39, 0.29) is 17.9 Å². The van der Waals surface area contributed by atoms with Crippen LogP contribution in [0.15, 0.2) is 24.3 Å². The number of hydrogen-bond donors (Lipinski definition) is 2. The summed E-state index contributed by atoms with van der Waals surface area (Å²) in [7, 11) is 0. The zero-order valence-corrected chi connectivity index (χ0v) is 10.1. The summed E-state index contributed by atoms with van der Waals surface area (Å²) in [5.74, 6) is -0.0177. The van der Waals surface area contributed by atoms with Crippen molar-refractivity contribution in [3.8, 4) is 0 Å². The van der Waals surface area contributed by atoms with Crippen molar-refractivity contribution in [1.82, 2.24) is 0 Å². The molecule has 0 saturated carbocycles. The first-order valence-electron chi connectivity index (χ1n) is 5.51. The van der Waals surface area contributed by atoms with Crippen LogP contribution < -0.4 is 5.32 Å². The minimum atomic E-state index is -0.386. The van der Waals surface area contributed by atoms with Gasteiger partial charge in [0.05, 0.1) is 6.61 Å². The molecular weight excluding hydrogens is 202 g/mol. The molecule has 16 heavy (non-hydrogen) atoms. The summed E-state index contributed by atoms with van der Waals surface area (Å²) in [6, 6.07) is 7.28. The summed E-state index contributed by atoms with van der Waals surface area (Å²) in [4.78, 5) is 11.9. The van der Waals surface area contributed by atoms with Gasteiger partial charge in [-0.15, -0.1) is 0 Å². The number of carbonyl (C=O) groups is 1. The van der Waals surface area contributed by atoms with Crippen molar-refractivity contribution in [3.05, 3.63) is 29.8 Å². The maximum absolute atomic E-state index is 11.9. The Morgan fingerprint density at radius 1 is 1.38 bits per heavy atom. The van der Waals surface area contributed by atoms with E-state index < -0.39 is 0 Å². The van der Waals surface area contributed by atoms with Crippen LogP contribution in [0.5, 0.6) is 0 Å². The Morgan fingerprint density at radius 2 is 2.00 bits per heavy atom. The van der Waals surface area contributed by atoms with Gasteiger partial charge in [-0.25, -0.2) is 0 Å². The van der Waals surface area contributed by atoms with Crippen LogP contribution in [0.25, 0.3) is 0 Å². The Balaban J connectivity index is 2.85. The maximum atomic E-state index is 11.9. The Labute approximate surface area is 96.5 Å². The van der Waals surface area contributed by atoms with Gasteiger partial charge in [-0.3, -0.25) is 4.79 Å². The summed E-state index contributed by atoms with van der Waals surface area (Å²) >= 11 is 0. The summed E-state index contributed by atoms with van der Waals surface area (Å²) in [5.41, 5.74) is 1.04. The molecule has 0 bridgehead atoms. The summed E-state index contributed by atoms with van der Waals surface area (Å²) in [6.07, 6.45) is 0.778. The lowest BCUT2D eigenvalue weighted by Crippen LogP contribution is -2.30. The quantitative estimate of drug-likeness (QED) is 0.821. The van der Waals surface area contributed by atoms with E-state index in [1.165, 1.54) is 0 Å². The standard InChI is InChI=1S/C13H19NO2/c1-4-13(2,3)12(16)14-11-8-6-5-7-10(11)9-15/h5-8,15H,4,9H2,1-3H3,(H,14,16). The number of rotatable bonds is 4. The third kappa shape index (κ3) is 2.83. The second-order valence-electron chi connectivity index (χ2n) is 4.51. The van der Waals surface area contributed by atoms with Crippen LogP contribution in [0.4, 0.5) is 5.69 Å². The minimum absolute atomic E-state index is 0.0177. The predicted octanol–water partition coefficient (Wildman–Crippen LogP) is 2.55. The highest BCUT2D eigenvalue weighted by Crippen LogP contribution is 2.23. The molecule has 0 spiro atoms. The van der Waals surface area contributed by atoms with Gasteiger partial charge in [-0.05, 0) is 12.5 Å². The second kappa shape index (κ2) is 5.12. The number of anilines is 1. The number of amides is 1. The molecule has 2 N–H and O–H groups in total. The molecule has 1 aromatic carbocycles. The fourth-order valence-electron chi connectivity index (χ4n) is 1.23. The number of aliphatic hydroxyl groups is 1. The molecule has 3 heteroatoms. The van der Waals surface area contributed by atoms with Crippen molar-refractivity contribution in [1.29, 1.82) is 0 Å². The molecule has 0 fully saturated rings. The number of hydrogen-bond acceptors (Lipinski definition) is 2. The van der Waals surface area contributed by atoms with Gasteiger partial charge in [0.15, 0.2) is 0 Å². The molecule has 0 unspecified atom stereocenters. The lowest BCUT2D eigenvalue weighted by Gasteiger charge is -2.22. The number of aliphatic hydroxyl groups excluding tert-OH is 1. The molecule has 1 amide bonds. The summed E-state index contributed by atoms with van der Waals surface area (Å²) in [5, 5.41) is 12.0. The van der Waals surface area contributed by atoms with Crippen molar-refractivity contribution in [2.75, 3.05) is 5.32 Å². The van der Waals surface area contributed by atoms with Gasteiger partial charge in [-0.1, -0.05) is 39.0 Å². The highest BCUT2D eigenvalue weighted by molar-refractivity contribution is 5.95. The topological polar surface area (TPSA) is 49.3 Å². The zero-order chi connectivity index (χ0) is 12.2. The van der Waals surface area contributed by atoms with Gasteiger partial charge in [0.1, 0.15) is 0 Å². The molecule has 1 rings (SSSR count). The Hall–Kier alpha value is -1.35. The van der Waals surface area contributed by atoms with E-state index in [1.807, 2.05) is 32.9 Å². The molecule has 0 saturated heterocycles. The van der Waals surface area contributed by atoms with Crippen LogP contribution in [0, 0.1) is 5.41 Å². The molecule has 0 aliphatic heterocycles. The monoisotopic (exact) mass is 221 g/mol. The van der Waals surface area contributed by atoms with Crippen LogP contribution in [0.1, 0.15) is 32.8 Å². The van der Waals surface area contributed by atoms with Gasteiger partial charge in [0.2, 0.25) is 5.91 Å². The van der Waals surface area contributed by atoms with Gasteiger partial charge >= 0.3 is 0 Å². The lowest BCUT2D eigenvalue weighted by molar-refractivity contribution is -0.124. The third-order valence-electron chi connectivity index (χ3n) is 2.93. The van der Waals surface area contributed by atoms with Gasteiger partial charge < -0.3 is 10.4 Å². The van der Waals surface area contributed by atoms with Crippen LogP contribution in [-0.2, 0) is 11.4 Å². The van der Waals surface area contributed by atoms with Crippen LogP contribution in [0.2, 0.25) is 0 Å². The van der Waals surface area contributed by atoms with Crippen molar-refractivity contribution in [2.45, 2.75) is 33.8 Å². The maximum Gasteiger partial charge on any atom is 0.230 e. The highest BCUT2D eigenvalue weighted by atomic mass is 16.3. The smallest absolute Gasteiger partial charge is 0.230 e. The molecule has 0 atom stereocenters. The molecule has 88 valence electrons. The van der Waals surface area contributed by atoms with Crippen LogP contribution >= 0.6 is 0 Å². The average molecular weight is 221 g/mol. The van der Waals surface area contributed by atoms with E-state index in [9.17, 15) is 4.79 Å². The van der Waals surface area contributed by atoms with Crippen molar-refractivity contribution < 1.29 is 9.90 Å². The zero-order valence-electron chi connectivity index (χ0n) is 10.1. The van der Waals surface area contributed by atoms with Gasteiger partial charge in [-0.2, -0.15) is 0 Å². The molecule has 0 aliphatic carbocycles. The van der Waals surface area contributed by atoms with Crippen LogP contribution in [0.3, 0.4) is 0 Å². The molecule has 0 aliphatic rings. The predicted molar refractivity (Wildman–Crippen MR) is 65.1 cm³/mol. The van der Waals surface area contributed by atoms with Crippen molar-refractivity contribution in [2.24, 2.45) is 5.41 Å². The van der Waals surface area contributed by atoms with Gasteiger partial charge in [0, 0.05) is 16.7 Å². The average Bonchev–Trinajstić information content (AvgIpc) is 2.29. The van der Waals surface area contributed by atoms with E-state index in [0.717, 1.165) is 12.0 Å². The number of nitrogens with one attached hydrogen (secondary N) is 1. The lowest BCUT2D eigenvalue weighted by atomic mass is 9.89. The van der Waals surface area contributed by atoms with Crippen molar-refractivity contribution in [3.63, 3.8) is 0 Å². The van der Waals surface area contributed by atoms with E-state index in [0.29, 0.717) is 5.69 Å². The third-order valence-corrected chi connectivity index (χ3v) is 2.93. The number of benzene rings is 1. The number of carbonyl (C=O) groups excluding carboxylic acids is 1. The first-order chi connectivity index (χ1) is 7.51. The fraction of sp³-hybridized carbons (Fsp3) is 0.462. The van der Waals surface area contributed by atoms with E-state index in [1.54, 1.807) is 12.1 Å². The highest BCUT2D eigenvalue weighted by Gasteiger charge is 2.25. The Kier molecular flexibility index (Phi) is 4.07. The normalized spacial score (nSPS) is 11.2. The first-order valence-corrected chi connectivity index (χ1v) is 5.51. The molecule has 3 nitrogen and oxygen atoms in total. The minimum Gasteiger partial charge on any atom is -0.392 e. The first kappa shape index (κ1) is 12.7. The largest absolute Gasteiger partial charge is 0.392 e. The van der Waals surface area contributed by atoms with E-state index >= 15 is 0 Å². The number of para-hydroxylation sites is 1. The molecule has 0 heterocycles.